The summed E-state index contributed by atoms with van der Waals surface area (Å²) in [6, 6.07) is 5.85. The molecule has 0 saturated carbocycles. The average Bonchev–Trinajstić information content (AvgIpc) is 2.49. The van der Waals surface area contributed by atoms with Gasteiger partial charge in [-0.15, -0.1) is 0 Å². The van der Waals surface area contributed by atoms with Crippen molar-refractivity contribution in [2.45, 2.75) is 0 Å². The van der Waals surface area contributed by atoms with E-state index in [0.717, 1.165) is 18.2 Å². The number of ether oxygens (including phenoxy) is 1. The SMILES string of the molecule is COc1c(Cl)cc(NCC(=O)Nc2cc(F)ccc2F)cc1Cl. The third kappa shape index (κ3) is 4.46. The van der Waals surface area contributed by atoms with E-state index in [4.69, 9.17) is 27.9 Å². The van der Waals surface area contributed by atoms with Gasteiger partial charge in [0.1, 0.15) is 11.6 Å². The molecule has 0 bridgehead atoms. The molecular weight excluding hydrogens is 349 g/mol. The van der Waals surface area contributed by atoms with Gasteiger partial charge in [0.25, 0.3) is 0 Å². The number of carbonyl (C=O) groups excluding carboxylic acids is 1. The molecule has 0 aliphatic heterocycles. The van der Waals surface area contributed by atoms with Gasteiger partial charge in [0.15, 0.2) is 5.75 Å². The quantitative estimate of drug-likeness (QED) is 0.834. The molecule has 8 heteroatoms. The van der Waals surface area contributed by atoms with Crippen molar-refractivity contribution < 1.29 is 18.3 Å². The van der Waals surface area contributed by atoms with Crippen LogP contribution in [0.4, 0.5) is 20.2 Å². The highest BCUT2D eigenvalue weighted by Crippen LogP contribution is 2.35. The summed E-state index contributed by atoms with van der Waals surface area (Å²) in [7, 11) is 1.43. The largest absolute Gasteiger partial charge is 0.494 e. The highest BCUT2D eigenvalue weighted by Gasteiger charge is 2.11. The Hall–Kier alpha value is -2.05. The number of methoxy groups -OCH3 is 1. The van der Waals surface area contributed by atoms with Gasteiger partial charge in [-0.2, -0.15) is 0 Å². The highest BCUT2D eigenvalue weighted by molar-refractivity contribution is 6.37. The van der Waals surface area contributed by atoms with E-state index in [0.29, 0.717) is 11.4 Å². The lowest BCUT2D eigenvalue weighted by molar-refractivity contribution is -0.114. The third-order valence-corrected chi connectivity index (χ3v) is 3.42. The molecule has 1 amide bonds. The lowest BCUT2D eigenvalue weighted by Crippen LogP contribution is -2.22. The summed E-state index contributed by atoms with van der Waals surface area (Å²) in [5, 5.41) is 5.60. The Kier molecular flexibility index (Phi) is 5.63. The van der Waals surface area contributed by atoms with Crippen LogP contribution in [-0.4, -0.2) is 19.6 Å². The molecule has 4 nitrogen and oxygen atoms in total. The fourth-order valence-electron chi connectivity index (χ4n) is 1.83. The van der Waals surface area contributed by atoms with Crippen molar-refractivity contribution >= 4 is 40.5 Å². The minimum atomic E-state index is -0.727. The molecule has 2 N–H and O–H groups in total. The van der Waals surface area contributed by atoms with Crippen LogP contribution in [0.1, 0.15) is 0 Å². The molecule has 0 heterocycles. The molecule has 0 spiro atoms. The molecule has 0 unspecified atom stereocenters. The molecule has 0 atom stereocenters. The fourth-order valence-corrected chi connectivity index (χ4v) is 2.47. The van der Waals surface area contributed by atoms with Gasteiger partial charge in [-0.3, -0.25) is 4.79 Å². The van der Waals surface area contributed by atoms with Crippen molar-refractivity contribution in [3.05, 3.63) is 52.0 Å². The summed E-state index contributed by atoms with van der Waals surface area (Å²) >= 11 is 12.0. The Morgan fingerprint density at radius 3 is 2.43 bits per heavy atom. The van der Waals surface area contributed by atoms with Crippen LogP contribution in [0, 0.1) is 11.6 Å². The summed E-state index contributed by atoms with van der Waals surface area (Å²) in [6.07, 6.45) is 0. The van der Waals surface area contributed by atoms with Crippen LogP contribution in [-0.2, 0) is 4.79 Å². The van der Waals surface area contributed by atoms with Gasteiger partial charge in [-0.1, -0.05) is 23.2 Å². The van der Waals surface area contributed by atoms with E-state index in [1.165, 1.54) is 19.2 Å². The zero-order chi connectivity index (χ0) is 17.0. The normalized spacial score (nSPS) is 10.3. The van der Waals surface area contributed by atoms with Gasteiger partial charge < -0.3 is 15.4 Å². The molecule has 0 saturated heterocycles. The molecule has 0 aliphatic carbocycles. The van der Waals surface area contributed by atoms with E-state index in [1.54, 1.807) is 0 Å². The molecule has 0 radical (unpaired) electrons. The number of hydrogen-bond donors (Lipinski definition) is 2. The first-order chi connectivity index (χ1) is 10.9. The van der Waals surface area contributed by atoms with Gasteiger partial charge in [0.05, 0.1) is 29.4 Å². The van der Waals surface area contributed by atoms with Crippen LogP contribution in [0.3, 0.4) is 0 Å². The van der Waals surface area contributed by atoms with Crippen LogP contribution >= 0.6 is 23.2 Å². The van der Waals surface area contributed by atoms with Crippen LogP contribution in [0.25, 0.3) is 0 Å². The Labute approximate surface area is 141 Å². The van der Waals surface area contributed by atoms with Crippen molar-refractivity contribution in [1.29, 1.82) is 0 Å². The van der Waals surface area contributed by atoms with E-state index in [9.17, 15) is 13.6 Å². The van der Waals surface area contributed by atoms with Gasteiger partial charge in [0.2, 0.25) is 5.91 Å². The fraction of sp³-hybridized carbons (Fsp3) is 0.133. The monoisotopic (exact) mass is 360 g/mol. The molecule has 122 valence electrons. The summed E-state index contributed by atoms with van der Waals surface area (Å²) in [5.41, 5.74) is 0.248. The number of halogens is 4. The van der Waals surface area contributed by atoms with Crippen molar-refractivity contribution in [2.24, 2.45) is 0 Å². The van der Waals surface area contributed by atoms with Crippen LogP contribution in [0.5, 0.6) is 5.75 Å². The van der Waals surface area contributed by atoms with E-state index < -0.39 is 17.5 Å². The van der Waals surface area contributed by atoms with Crippen molar-refractivity contribution in [2.75, 3.05) is 24.3 Å². The second-order valence-corrected chi connectivity index (χ2v) is 5.31. The lowest BCUT2D eigenvalue weighted by atomic mass is 10.3. The first kappa shape index (κ1) is 17.3. The number of amides is 1. The third-order valence-electron chi connectivity index (χ3n) is 2.86. The zero-order valence-electron chi connectivity index (χ0n) is 11.9. The van der Waals surface area contributed by atoms with E-state index >= 15 is 0 Å². The predicted molar refractivity (Wildman–Crippen MR) is 86.5 cm³/mol. The molecule has 2 aromatic rings. The van der Waals surface area contributed by atoms with E-state index in [-0.39, 0.29) is 22.3 Å². The van der Waals surface area contributed by atoms with Gasteiger partial charge >= 0.3 is 0 Å². The van der Waals surface area contributed by atoms with Gasteiger partial charge in [-0.25, -0.2) is 8.78 Å². The number of carbonyl (C=O) groups is 1. The number of nitrogens with one attached hydrogen (secondary N) is 2. The van der Waals surface area contributed by atoms with Crippen molar-refractivity contribution in [3.8, 4) is 5.75 Å². The second-order valence-electron chi connectivity index (χ2n) is 4.50. The molecule has 2 rings (SSSR count). The molecule has 0 aliphatic rings. The highest BCUT2D eigenvalue weighted by atomic mass is 35.5. The number of hydrogen-bond acceptors (Lipinski definition) is 3. The number of rotatable bonds is 5. The Bertz CT molecular complexity index is 718. The van der Waals surface area contributed by atoms with Crippen LogP contribution in [0.15, 0.2) is 30.3 Å². The molecular formula is C15H12Cl2F2N2O2. The maximum absolute atomic E-state index is 13.4. The van der Waals surface area contributed by atoms with Crippen molar-refractivity contribution in [3.63, 3.8) is 0 Å². The van der Waals surface area contributed by atoms with E-state index in [2.05, 4.69) is 10.6 Å². The van der Waals surface area contributed by atoms with Gasteiger partial charge in [-0.05, 0) is 24.3 Å². The average molecular weight is 361 g/mol. The van der Waals surface area contributed by atoms with Crippen LogP contribution in [0.2, 0.25) is 10.0 Å². The zero-order valence-corrected chi connectivity index (χ0v) is 13.4. The standard InChI is InChI=1S/C15H12Cl2F2N2O2/c1-23-15-10(16)5-9(6-11(15)17)20-7-14(22)21-13-4-8(18)2-3-12(13)19/h2-6,20H,7H2,1H3,(H,21,22). The minimum absolute atomic E-state index is 0.186. The molecule has 2 aromatic carbocycles. The lowest BCUT2D eigenvalue weighted by Gasteiger charge is -2.11. The topological polar surface area (TPSA) is 50.4 Å². The van der Waals surface area contributed by atoms with Crippen LogP contribution < -0.4 is 15.4 Å². The Morgan fingerprint density at radius 1 is 1.17 bits per heavy atom. The van der Waals surface area contributed by atoms with Crippen molar-refractivity contribution in [1.82, 2.24) is 0 Å². The Morgan fingerprint density at radius 2 is 1.83 bits per heavy atom. The minimum Gasteiger partial charge on any atom is -0.494 e. The van der Waals surface area contributed by atoms with Gasteiger partial charge in [0, 0.05) is 11.8 Å². The first-order valence-corrected chi connectivity index (χ1v) is 7.18. The maximum Gasteiger partial charge on any atom is 0.243 e. The predicted octanol–water partition coefficient (Wildman–Crippen LogP) is 4.33. The summed E-state index contributed by atoms with van der Waals surface area (Å²) in [5.74, 6) is -1.61. The smallest absolute Gasteiger partial charge is 0.243 e. The Balaban J connectivity index is 2.01. The number of anilines is 2. The van der Waals surface area contributed by atoms with E-state index in [1.807, 2.05) is 0 Å². The molecule has 0 aromatic heterocycles. The number of benzene rings is 2. The summed E-state index contributed by atoms with van der Waals surface area (Å²) in [4.78, 5) is 11.8. The maximum atomic E-state index is 13.4. The summed E-state index contributed by atoms with van der Waals surface area (Å²) in [6.45, 7) is -0.186. The second kappa shape index (κ2) is 7.48. The summed E-state index contributed by atoms with van der Waals surface area (Å²) < 4.78 is 31.5. The molecule has 23 heavy (non-hydrogen) atoms. The molecule has 0 fully saturated rings. The first-order valence-electron chi connectivity index (χ1n) is 6.42.